The fraction of sp³-hybridized carbons (Fsp3) is 0.304. The van der Waals surface area contributed by atoms with E-state index in [1.54, 1.807) is 0 Å². The van der Waals surface area contributed by atoms with Gasteiger partial charge in [-0.3, -0.25) is 9.78 Å². The van der Waals surface area contributed by atoms with Gasteiger partial charge in [0.25, 0.3) is 5.91 Å². The molecular weight excluding hydrogens is 350 g/mol. The Morgan fingerprint density at radius 1 is 1.18 bits per heavy atom. The lowest BCUT2D eigenvalue weighted by Crippen LogP contribution is -2.20. The third-order valence-electron chi connectivity index (χ3n) is 5.25. The predicted octanol–water partition coefficient (Wildman–Crippen LogP) is 3.49. The molecule has 144 valence electrons. The molecule has 0 radical (unpaired) electrons. The lowest BCUT2D eigenvalue weighted by Gasteiger charge is -2.17. The number of primary amides is 1. The molecule has 1 amide bonds. The zero-order valence-corrected chi connectivity index (χ0v) is 16.1. The van der Waals surface area contributed by atoms with Gasteiger partial charge in [0.1, 0.15) is 5.75 Å². The number of pyridine rings is 1. The van der Waals surface area contributed by atoms with Crippen LogP contribution in [-0.2, 0) is 17.8 Å². The second-order valence-electron chi connectivity index (χ2n) is 7.56. The van der Waals surface area contributed by atoms with Gasteiger partial charge in [0.05, 0.1) is 5.52 Å². The molecule has 1 aliphatic rings. The largest absolute Gasteiger partial charge is 0.484 e. The third kappa shape index (κ3) is 3.85. The van der Waals surface area contributed by atoms with Crippen LogP contribution in [0, 0.1) is 12.8 Å². The Hall–Kier alpha value is -2.92. The van der Waals surface area contributed by atoms with Crippen molar-refractivity contribution in [3.63, 3.8) is 0 Å². The maximum Gasteiger partial charge on any atom is 0.255 e. The van der Waals surface area contributed by atoms with Crippen LogP contribution in [0.15, 0.2) is 42.5 Å². The van der Waals surface area contributed by atoms with Gasteiger partial charge in [-0.25, -0.2) is 0 Å². The Bertz CT molecular complexity index is 1020. The summed E-state index contributed by atoms with van der Waals surface area (Å²) in [5.74, 6) is 0.818. The number of ether oxygens (including phenoxy) is 1. The van der Waals surface area contributed by atoms with Crippen LogP contribution in [0.4, 0.5) is 0 Å². The van der Waals surface area contributed by atoms with Gasteiger partial charge in [-0.05, 0) is 67.0 Å². The van der Waals surface area contributed by atoms with Crippen LogP contribution < -0.4 is 16.2 Å². The summed E-state index contributed by atoms with van der Waals surface area (Å²) in [4.78, 5) is 16.0. The monoisotopic (exact) mass is 375 g/mol. The molecule has 3 aromatic rings. The molecule has 1 saturated carbocycles. The summed E-state index contributed by atoms with van der Waals surface area (Å²) in [6, 6.07) is 14.2. The number of aryl methyl sites for hydroxylation is 1. The molecule has 0 saturated heterocycles. The number of nitrogens with two attached hydrogens (primary N) is 2. The molecule has 5 nitrogen and oxygen atoms in total. The minimum atomic E-state index is -0.501. The van der Waals surface area contributed by atoms with Crippen LogP contribution >= 0.6 is 0 Å². The molecule has 5 heteroatoms. The molecule has 2 aromatic carbocycles. The lowest BCUT2D eigenvalue weighted by atomic mass is 9.92. The standard InChI is InChI=1S/C23H25N3O2/c1-14-2-6-16(7-3-14)23-18-11-17(28-13-22(25)27)8-9-20(18)26-21(19(23)12-24)10-15-4-5-15/h2-3,6-9,11,15H,4-5,10,12-13,24H2,1H3,(H2,25,27). The first kappa shape index (κ1) is 18.4. The maximum absolute atomic E-state index is 11.1. The van der Waals surface area contributed by atoms with E-state index in [0.717, 1.165) is 45.6 Å². The number of nitrogens with zero attached hydrogens (tertiary/aromatic N) is 1. The first-order valence-electron chi connectivity index (χ1n) is 9.69. The Morgan fingerprint density at radius 3 is 2.57 bits per heavy atom. The van der Waals surface area contributed by atoms with Gasteiger partial charge >= 0.3 is 0 Å². The van der Waals surface area contributed by atoms with Crippen LogP contribution in [0.2, 0.25) is 0 Å². The molecule has 28 heavy (non-hydrogen) atoms. The van der Waals surface area contributed by atoms with E-state index in [9.17, 15) is 4.79 Å². The van der Waals surface area contributed by atoms with Crippen LogP contribution in [0.1, 0.15) is 29.7 Å². The number of hydrogen-bond donors (Lipinski definition) is 2. The maximum atomic E-state index is 11.1. The molecule has 1 fully saturated rings. The highest BCUT2D eigenvalue weighted by Gasteiger charge is 2.25. The molecule has 1 aliphatic carbocycles. The highest BCUT2D eigenvalue weighted by molar-refractivity contribution is 5.97. The molecule has 1 aromatic heterocycles. The van der Waals surface area contributed by atoms with E-state index in [0.29, 0.717) is 12.3 Å². The Morgan fingerprint density at radius 2 is 1.93 bits per heavy atom. The van der Waals surface area contributed by atoms with Crippen molar-refractivity contribution < 1.29 is 9.53 Å². The van der Waals surface area contributed by atoms with E-state index < -0.39 is 5.91 Å². The number of benzene rings is 2. The van der Waals surface area contributed by atoms with Gasteiger partial charge in [-0.2, -0.15) is 0 Å². The predicted molar refractivity (Wildman–Crippen MR) is 111 cm³/mol. The van der Waals surface area contributed by atoms with Crippen molar-refractivity contribution in [1.82, 2.24) is 4.98 Å². The summed E-state index contributed by atoms with van der Waals surface area (Å²) >= 11 is 0. The number of hydrogen-bond acceptors (Lipinski definition) is 4. The minimum absolute atomic E-state index is 0.150. The molecule has 4 rings (SSSR count). The van der Waals surface area contributed by atoms with Gasteiger partial charge < -0.3 is 16.2 Å². The van der Waals surface area contributed by atoms with Crippen LogP contribution in [0.3, 0.4) is 0 Å². The summed E-state index contributed by atoms with van der Waals surface area (Å²) in [5.41, 5.74) is 18.0. The molecule has 0 aliphatic heterocycles. The quantitative estimate of drug-likeness (QED) is 0.661. The zero-order valence-electron chi connectivity index (χ0n) is 16.1. The molecule has 0 bridgehead atoms. The van der Waals surface area contributed by atoms with Crippen molar-refractivity contribution in [2.75, 3.05) is 6.61 Å². The van der Waals surface area contributed by atoms with Gasteiger partial charge in [0.2, 0.25) is 0 Å². The van der Waals surface area contributed by atoms with Crippen LogP contribution in [-0.4, -0.2) is 17.5 Å². The summed E-state index contributed by atoms with van der Waals surface area (Å²) in [5, 5.41) is 0.978. The average Bonchev–Trinajstić information content (AvgIpc) is 3.50. The Kier molecular flexibility index (Phi) is 5.01. The molecule has 4 N–H and O–H groups in total. The summed E-state index contributed by atoms with van der Waals surface area (Å²) in [6.45, 7) is 2.36. The van der Waals surface area contributed by atoms with E-state index in [2.05, 4.69) is 31.2 Å². The van der Waals surface area contributed by atoms with E-state index in [-0.39, 0.29) is 6.61 Å². The minimum Gasteiger partial charge on any atom is -0.484 e. The van der Waals surface area contributed by atoms with Gasteiger partial charge in [-0.15, -0.1) is 0 Å². The number of rotatable bonds is 7. The van der Waals surface area contributed by atoms with E-state index in [4.69, 9.17) is 21.2 Å². The van der Waals surface area contributed by atoms with Crippen molar-refractivity contribution in [3.05, 3.63) is 59.3 Å². The zero-order chi connectivity index (χ0) is 19.7. The van der Waals surface area contributed by atoms with Gasteiger partial charge in [-0.1, -0.05) is 29.8 Å². The molecule has 0 unspecified atom stereocenters. The first-order chi connectivity index (χ1) is 13.5. The normalized spacial score (nSPS) is 13.6. The van der Waals surface area contributed by atoms with Crippen molar-refractivity contribution >= 4 is 16.8 Å². The number of aromatic nitrogens is 1. The number of carbonyl (C=O) groups is 1. The van der Waals surface area contributed by atoms with Gasteiger partial charge in [0, 0.05) is 17.6 Å². The summed E-state index contributed by atoms with van der Waals surface area (Å²) < 4.78 is 5.53. The van der Waals surface area contributed by atoms with Crippen LogP contribution in [0.25, 0.3) is 22.0 Å². The van der Waals surface area contributed by atoms with Crippen molar-refractivity contribution in [2.24, 2.45) is 17.4 Å². The smallest absolute Gasteiger partial charge is 0.255 e. The number of fused-ring (bicyclic) bond motifs is 1. The fourth-order valence-corrected chi connectivity index (χ4v) is 3.61. The van der Waals surface area contributed by atoms with E-state index in [1.807, 2.05) is 18.2 Å². The average molecular weight is 375 g/mol. The Labute approximate surface area is 164 Å². The second kappa shape index (κ2) is 7.60. The lowest BCUT2D eigenvalue weighted by molar-refractivity contribution is -0.119. The topological polar surface area (TPSA) is 91.2 Å². The third-order valence-corrected chi connectivity index (χ3v) is 5.25. The first-order valence-corrected chi connectivity index (χ1v) is 9.69. The van der Waals surface area contributed by atoms with Crippen molar-refractivity contribution in [1.29, 1.82) is 0 Å². The molecular formula is C23H25N3O2. The van der Waals surface area contributed by atoms with Crippen LogP contribution in [0.5, 0.6) is 5.75 Å². The molecule has 0 spiro atoms. The second-order valence-corrected chi connectivity index (χ2v) is 7.56. The highest BCUT2D eigenvalue weighted by atomic mass is 16.5. The summed E-state index contributed by atoms with van der Waals surface area (Å²) in [7, 11) is 0. The summed E-state index contributed by atoms with van der Waals surface area (Å²) in [6.07, 6.45) is 3.51. The Balaban J connectivity index is 1.91. The number of carbonyl (C=O) groups excluding carboxylic acids is 1. The van der Waals surface area contributed by atoms with Gasteiger partial charge in [0.15, 0.2) is 6.61 Å². The van der Waals surface area contributed by atoms with Crippen molar-refractivity contribution in [3.8, 4) is 16.9 Å². The molecule has 0 atom stereocenters. The highest BCUT2D eigenvalue weighted by Crippen LogP contribution is 2.39. The van der Waals surface area contributed by atoms with E-state index in [1.165, 1.54) is 18.4 Å². The van der Waals surface area contributed by atoms with Crippen molar-refractivity contribution in [2.45, 2.75) is 32.7 Å². The molecule has 1 heterocycles. The number of amides is 1. The van der Waals surface area contributed by atoms with E-state index >= 15 is 0 Å². The SMILES string of the molecule is Cc1ccc(-c2c(CN)c(CC3CC3)nc3ccc(OCC(N)=O)cc23)cc1. The fourth-order valence-electron chi connectivity index (χ4n) is 3.61.